The van der Waals surface area contributed by atoms with Crippen LogP contribution in [0, 0.1) is 0 Å². The molecule has 8 nitrogen and oxygen atoms in total. The van der Waals surface area contributed by atoms with Crippen LogP contribution in [0.1, 0.15) is 0 Å². The third kappa shape index (κ3) is 10.2. The van der Waals surface area contributed by atoms with Gasteiger partial charge in [-0.25, -0.2) is 15.1 Å². The van der Waals surface area contributed by atoms with E-state index in [9.17, 15) is 4.57 Å². The molecule has 4 N–H and O–H groups in total. The van der Waals surface area contributed by atoms with Crippen molar-refractivity contribution in [2.45, 2.75) is 0 Å². The van der Waals surface area contributed by atoms with E-state index < -0.39 is 7.82 Å². The van der Waals surface area contributed by atoms with Crippen molar-refractivity contribution in [3.8, 4) is 0 Å². The molecule has 0 heterocycles. The van der Waals surface area contributed by atoms with Gasteiger partial charge in [-0.1, -0.05) is 0 Å². The summed E-state index contributed by atoms with van der Waals surface area (Å²) in [5, 5.41) is 8.35. The van der Waals surface area contributed by atoms with Gasteiger partial charge in [0.15, 0.2) is 0 Å². The first-order valence-corrected chi connectivity index (χ1v) is 5.74. The van der Waals surface area contributed by atoms with Gasteiger partial charge < -0.3 is 19.5 Å². The number of hydrogen-bond donors (Lipinski definition) is 3. The zero-order valence-electron chi connectivity index (χ0n) is 8.20. The lowest BCUT2D eigenvalue weighted by Crippen LogP contribution is -2.11. The van der Waals surface area contributed by atoms with E-state index in [0.717, 1.165) is 0 Å². The van der Waals surface area contributed by atoms with Gasteiger partial charge in [-0.2, -0.15) is 0 Å². The molecule has 0 aliphatic heterocycles. The molecule has 1 atom stereocenters. The van der Waals surface area contributed by atoms with Gasteiger partial charge in [0, 0.05) is 0 Å². The van der Waals surface area contributed by atoms with Crippen molar-refractivity contribution in [2.24, 2.45) is 5.90 Å². The van der Waals surface area contributed by atoms with Crippen molar-refractivity contribution in [2.75, 3.05) is 39.6 Å². The van der Waals surface area contributed by atoms with Crippen LogP contribution in [0.2, 0.25) is 0 Å². The second kappa shape index (κ2) is 9.20. The topological polar surface area (TPSA) is 120 Å². The number of ether oxygens (including phenoxy) is 2. The molecule has 0 rings (SSSR count). The number of rotatable bonds is 10. The highest BCUT2D eigenvalue weighted by Gasteiger charge is 2.18. The maximum absolute atomic E-state index is 10.6. The second-order valence-electron chi connectivity index (χ2n) is 2.36. The molecule has 0 radical (unpaired) electrons. The van der Waals surface area contributed by atoms with Gasteiger partial charge in [-0.15, -0.1) is 0 Å². The summed E-state index contributed by atoms with van der Waals surface area (Å²) in [5.74, 6) is 4.48. The van der Waals surface area contributed by atoms with Gasteiger partial charge in [0.1, 0.15) is 0 Å². The Balaban J connectivity index is 3.15. The lowest BCUT2D eigenvalue weighted by atomic mass is 10.7. The van der Waals surface area contributed by atoms with Crippen molar-refractivity contribution >= 4 is 7.82 Å². The largest absolute Gasteiger partial charge is 0.488 e. The van der Waals surface area contributed by atoms with Gasteiger partial charge in [-0.3, -0.25) is 4.52 Å². The van der Waals surface area contributed by atoms with Gasteiger partial charge in [-0.05, 0) is 0 Å². The van der Waals surface area contributed by atoms with E-state index >= 15 is 0 Å². The highest BCUT2D eigenvalue weighted by Crippen LogP contribution is 2.40. The lowest BCUT2D eigenvalue weighted by Gasteiger charge is -2.08. The zero-order chi connectivity index (χ0) is 11.6. The van der Waals surface area contributed by atoms with Crippen LogP contribution < -0.4 is 5.90 Å². The van der Waals surface area contributed by atoms with Crippen LogP contribution in [0.5, 0.6) is 0 Å². The maximum Gasteiger partial charge on any atom is 0.488 e. The molecule has 0 aliphatic carbocycles. The van der Waals surface area contributed by atoms with E-state index in [1.54, 1.807) is 0 Å². The first-order chi connectivity index (χ1) is 7.12. The average molecular weight is 245 g/mol. The molecule has 0 spiro atoms. The van der Waals surface area contributed by atoms with Crippen molar-refractivity contribution in [3.63, 3.8) is 0 Å². The summed E-state index contributed by atoms with van der Waals surface area (Å²) < 4.78 is 28.5. The Bertz CT molecular complexity index is 190. The molecule has 0 bridgehead atoms. The van der Waals surface area contributed by atoms with Crippen LogP contribution in [0.15, 0.2) is 0 Å². The minimum atomic E-state index is -4.11. The smallest absolute Gasteiger partial charge is 0.394 e. The fraction of sp³-hybridized carbons (Fsp3) is 1.00. The lowest BCUT2D eigenvalue weighted by molar-refractivity contribution is 0.0201. The van der Waals surface area contributed by atoms with Gasteiger partial charge in [0.25, 0.3) is 0 Å². The van der Waals surface area contributed by atoms with E-state index in [1.807, 2.05) is 0 Å². The van der Waals surface area contributed by atoms with E-state index in [-0.39, 0.29) is 26.4 Å². The van der Waals surface area contributed by atoms with Crippen LogP contribution >= 0.6 is 7.82 Å². The molecule has 1 unspecified atom stereocenters. The Morgan fingerprint density at radius 1 is 1.07 bits per heavy atom. The van der Waals surface area contributed by atoms with Gasteiger partial charge in [0.05, 0.1) is 39.6 Å². The summed E-state index contributed by atoms with van der Waals surface area (Å²) in [6.45, 7) is 0.881. The highest BCUT2D eigenvalue weighted by molar-refractivity contribution is 7.47. The third-order valence-corrected chi connectivity index (χ3v) is 2.00. The molecular weight excluding hydrogens is 229 g/mol. The molecule has 0 aliphatic rings. The Labute approximate surface area is 87.5 Å². The van der Waals surface area contributed by atoms with Crippen molar-refractivity contribution in [1.29, 1.82) is 0 Å². The van der Waals surface area contributed by atoms with Crippen LogP contribution in [0.25, 0.3) is 0 Å². The minimum Gasteiger partial charge on any atom is -0.394 e. The van der Waals surface area contributed by atoms with E-state index in [0.29, 0.717) is 13.2 Å². The molecule has 0 aromatic rings. The molecule has 92 valence electrons. The number of phosphoric ester groups is 1. The van der Waals surface area contributed by atoms with E-state index in [1.165, 1.54) is 0 Å². The third-order valence-electron chi connectivity index (χ3n) is 1.22. The van der Waals surface area contributed by atoms with Crippen LogP contribution in [0.3, 0.4) is 0 Å². The maximum atomic E-state index is 10.6. The molecule has 15 heavy (non-hydrogen) atoms. The number of aliphatic hydroxyl groups is 1. The van der Waals surface area contributed by atoms with Crippen LogP contribution in [0.4, 0.5) is 0 Å². The summed E-state index contributed by atoms with van der Waals surface area (Å²) in [4.78, 5) is 8.67. The predicted octanol–water partition coefficient (Wildman–Crippen LogP) is -0.981. The van der Waals surface area contributed by atoms with Crippen molar-refractivity contribution in [3.05, 3.63) is 0 Å². The SMILES string of the molecule is NOP(=O)(O)OCCOCCOCCO. The standard InChI is InChI=1S/C6H16NO7P/c7-14-15(9,10)13-6-5-12-4-3-11-2-1-8/h8H,1-7H2,(H,9,10). The Kier molecular flexibility index (Phi) is 9.17. The molecule has 9 heteroatoms. The summed E-state index contributed by atoms with van der Waals surface area (Å²) in [6.07, 6.45) is 0. The highest BCUT2D eigenvalue weighted by atomic mass is 31.2. The number of hydrogen-bond acceptors (Lipinski definition) is 7. The summed E-state index contributed by atoms with van der Waals surface area (Å²) in [7, 11) is -4.11. The molecule has 0 fully saturated rings. The quantitative estimate of drug-likeness (QED) is 0.255. The summed E-state index contributed by atoms with van der Waals surface area (Å²) in [6, 6.07) is 0. The fourth-order valence-electron chi connectivity index (χ4n) is 0.629. The zero-order valence-corrected chi connectivity index (χ0v) is 9.10. The fourth-order valence-corrected chi connectivity index (χ4v) is 0.995. The Morgan fingerprint density at radius 3 is 2.13 bits per heavy atom. The number of phosphoric acid groups is 1. The molecule has 0 amide bonds. The second-order valence-corrected chi connectivity index (χ2v) is 3.76. The van der Waals surface area contributed by atoms with Crippen molar-refractivity contribution in [1.82, 2.24) is 0 Å². The molecule has 0 saturated carbocycles. The molecule has 0 saturated heterocycles. The summed E-state index contributed by atoms with van der Waals surface area (Å²) in [5.41, 5.74) is 0. The molecule has 0 aromatic carbocycles. The first-order valence-electron chi connectivity index (χ1n) is 4.24. The van der Waals surface area contributed by atoms with Crippen molar-refractivity contribution < 1.29 is 33.2 Å². The van der Waals surface area contributed by atoms with E-state index in [2.05, 4.69) is 15.0 Å². The molecular formula is C6H16NO7P. The summed E-state index contributed by atoms with van der Waals surface area (Å²) >= 11 is 0. The van der Waals surface area contributed by atoms with Crippen LogP contribution in [-0.2, 0) is 23.2 Å². The first kappa shape index (κ1) is 14.9. The molecule has 0 aromatic heterocycles. The normalized spacial score (nSPS) is 15.1. The monoisotopic (exact) mass is 245 g/mol. The Hall–Kier alpha value is -0.0500. The van der Waals surface area contributed by atoms with E-state index in [4.69, 9.17) is 19.5 Å². The van der Waals surface area contributed by atoms with Crippen LogP contribution in [-0.4, -0.2) is 49.6 Å². The predicted molar refractivity (Wildman–Crippen MR) is 49.8 cm³/mol. The van der Waals surface area contributed by atoms with Gasteiger partial charge in [0.2, 0.25) is 0 Å². The Morgan fingerprint density at radius 2 is 1.60 bits per heavy atom. The van der Waals surface area contributed by atoms with Gasteiger partial charge >= 0.3 is 7.82 Å². The number of aliphatic hydroxyl groups excluding tert-OH is 1. The number of nitrogens with two attached hydrogens (primary N) is 1. The minimum absolute atomic E-state index is 0.0371. The average Bonchev–Trinajstić information content (AvgIpc) is 2.22.